The maximum atomic E-state index is 5.64. The van der Waals surface area contributed by atoms with Gasteiger partial charge in [0.15, 0.2) is 0 Å². The van der Waals surface area contributed by atoms with Crippen LogP contribution in [0.15, 0.2) is 42.5 Å². The Bertz CT molecular complexity index is 551. The molecular weight excluding hydrogens is 260 g/mol. The summed E-state index contributed by atoms with van der Waals surface area (Å²) in [5.74, 6) is 0.924. The number of nitrogens with zero attached hydrogens (tertiary/aromatic N) is 1. The molecule has 0 aliphatic carbocycles. The van der Waals surface area contributed by atoms with Gasteiger partial charge in [0.25, 0.3) is 0 Å². The molecule has 1 aromatic carbocycles. The Morgan fingerprint density at radius 1 is 1.10 bits per heavy atom. The highest BCUT2D eigenvalue weighted by molar-refractivity contribution is 5.33. The highest BCUT2D eigenvalue weighted by Crippen LogP contribution is 2.23. The molecule has 21 heavy (non-hydrogen) atoms. The molecule has 3 nitrogen and oxygen atoms in total. The number of aromatic nitrogens is 1. The molecule has 1 N–H and O–H groups in total. The van der Waals surface area contributed by atoms with E-state index in [2.05, 4.69) is 48.4 Å². The van der Waals surface area contributed by atoms with Crippen molar-refractivity contribution in [2.75, 3.05) is 13.2 Å². The molecule has 0 aliphatic rings. The molecule has 0 spiro atoms. The van der Waals surface area contributed by atoms with Crippen LogP contribution in [0.2, 0.25) is 0 Å². The van der Waals surface area contributed by atoms with Crippen molar-refractivity contribution in [3.05, 3.63) is 59.4 Å². The first-order valence-corrected chi connectivity index (χ1v) is 7.64. The Morgan fingerprint density at radius 2 is 1.86 bits per heavy atom. The van der Waals surface area contributed by atoms with Gasteiger partial charge in [0, 0.05) is 5.69 Å². The summed E-state index contributed by atoms with van der Waals surface area (Å²) >= 11 is 0. The summed E-state index contributed by atoms with van der Waals surface area (Å²) in [4.78, 5) is 4.65. The van der Waals surface area contributed by atoms with Crippen molar-refractivity contribution in [1.29, 1.82) is 0 Å². The molecule has 1 aromatic heterocycles. The van der Waals surface area contributed by atoms with Crippen LogP contribution in [0, 0.1) is 6.92 Å². The van der Waals surface area contributed by atoms with Gasteiger partial charge in [-0.25, -0.2) is 0 Å². The third kappa shape index (κ3) is 4.30. The van der Waals surface area contributed by atoms with Crippen molar-refractivity contribution < 1.29 is 4.74 Å². The number of ether oxygens (including phenoxy) is 1. The normalized spacial score (nSPS) is 12.1. The number of nitrogens with one attached hydrogen (secondary N) is 1. The van der Waals surface area contributed by atoms with Gasteiger partial charge in [0.05, 0.1) is 18.3 Å². The molecule has 0 saturated carbocycles. The number of hydrogen-bond acceptors (Lipinski definition) is 3. The third-order valence-electron chi connectivity index (χ3n) is 3.30. The number of rotatable bonds is 7. The van der Waals surface area contributed by atoms with Gasteiger partial charge in [-0.05, 0) is 49.7 Å². The van der Waals surface area contributed by atoms with Crippen molar-refractivity contribution in [1.82, 2.24) is 10.3 Å². The van der Waals surface area contributed by atoms with Gasteiger partial charge >= 0.3 is 0 Å². The Kier molecular flexibility index (Phi) is 5.76. The summed E-state index contributed by atoms with van der Waals surface area (Å²) in [5.41, 5.74) is 3.30. The minimum atomic E-state index is 0.120. The van der Waals surface area contributed by atoms with Gasteiger partial charge in [-0.1, -0.05) is 32.0 Å². The smallest absolute Gasteiger partial charge is 0.119 e. The zero-order chi connectivity index (χ0) is 15.1. The van der Waals surface area contributed by atoms with Gasteiger partial charge < -0.3 is 10.1 Å². The molecule has 0 fully saturated rings. The maximum absolute atomic E-state index is 5.64. The molecular formula is C18H24N2O. The second-order valence-corrected chi connectivity index (χ2v) is 5.11. The van der Waals surface area contributed by atoms with Gasteiger partial charge in [-0.3, -0.25) is 4.98 Å². The largest absolute Gasteiger partial charge is 0.494 e. The fourth-order valence-corrected chi connectivity index (χ4v) is 2.30. The highest BCUT2D eigenvalue weighted by atomic mass is 16.5. The zero-order valence-corrected chi connectivity index (χ0v) is 13.1. The summed E-state index contributed by atoms with van der Waals surface area (Å²) in [7, 11) is 0. The van der Waals surface area contributed by atoms with Crippen LogP contribution in [0.3, 0.4) is 0 Å². The Labute approximate surface area is 127 Å². The van der Waals surface area contributed by atoms with Gasteiger partial charge in [0.2, 0.25) is 0 Å². The number of aryl methyl sites for hydroxylation is 1. The molecule has 0 radical (unpaired) electrons. The molecule has 1 heterocycles. The first-order valence-electron chi connectivity index (χ1n) is 7.64. The van der Waals surface area contributed by atoms with Crippen LogP contribution >= 0.6 is 0 Å². The quantitative estimate of drug-likeness (QED) is 0.838. The second-order valence-electron chi connectivity index (χ2n) is 5.11. The number of hydrogen-bond donors (Lipinski definition) is 1. The van der Waals surface area contributed by atoms with Gasteiger partial charge in [0.1, 0.15) is 5.75 Å². The van der Waals surface area contributed by atoms with E-state index in [1.807, 2.05) is 25.1 Å². The van der Waals surface area contributed by atoms with Crippen LogP contribution in [0.25, 0.3) is 0 Å². The lowest BCUT2D eigenvalue weighted by atomic mass is 10.0. The molecule has 2 rings (SSSR count). The maximum Gasteiger partial charge on any atom is 0.119 e. The molecule has 0 amide bonds. The zero-order valence-electron chi connectivity index (χ0n) is 13.1. The van der Waals surface area contributed by atoms with E-state index in [9.17, 15) is 0 Å². The Balaban J connectivity index is 2.21. The SMILES string of the molecule is CCCOc1ccc(C(NCC)c2cccc(C)n2)cc1. The van der Waals surface area contributed by atoms with E-state index in [0.29, 0.717) is 0 Å². The van der Waals surface area contributed by atoms with E-state index in [1.54, 1.807) is 0 Å². The summed E-state index contributed by atoms with van der Waals surface area (Å²) in [6.07, 6.45) is 1.02. The topological polar surface area (TPSA) is 34.1 Å². The summed E-state index contributed by atoms with van der Waals surface area (Å²) in [6, 6.07) is 14.6. The fourth-order valence-electron chi connectivity index (χ4n) is 2.30. The van der Waals surface area contributed by atoms with Crippen molar-refractivity contribution in [2.45, 2.75) is 33.2 Å². The average Bonchev–Trinajstić information content (AvgIpc) is 2.51. The van der Waals surface area contributed by atoms with Gasteiger partial charge in [-0.15, -0.1) is 0 Å². The fraction of sp³-hybridized carbons (Fsp3) is 0.389. The molecule has 3 heteroatoms. The minimum Gasteiger partial charge on any atom is -0.494 e. The summed E-state index contributed by atoms with van der Waals surface area (Å²) in [6.45, 7) is 7.90. The van der Waals surface area contributed by atoms with Crippen molar-refractivity contribution >= 4 is 0 Å². The lowest BCUT2D eigenvalue weighted by Gasteiger charge is -2.18. The van der Waals surface area contributed by atoms with Crippen molar-refractivity contribution in [3.8, 4) is 5.75 Å². The Morgan fingerprint density at radius 3 is 2.48 bits per heavy atom. The third-order valence-corrected chi connectivity index (χ3v) is 3.30. The van der Waals surface area contributed by atoms with E-state index in [1.165, 1.54) is 5.56 Å². The molecule has 1 unspecified atom stereocenters. The Hall–Kier alpha value is -1.87. The van der Waals surface area contributed by atoms with Crippen molar-refractivity contribution in [2.24, 2.45) is 0 Å². The van der Waals surface area contributed by atoms with E-state index < -0.39 is 0 Å². The minimum absolute atomic E-state index is 0.120. The summed E-state index contributed by atoms with van der Waals surface area (Å²) in [5, 5.41) is 3.50. The monoisotopic (exact) mass is 284 g/mol. The first-order chi connectivity index (χ1) is 10.2. The van der Waals surface area contributed by atoms with Gasteiger partial charge in [-0.2, -0.15) is 0 Å². The molecule has 112 valence electrons. The second kappa shape index (κ2) is 7.79. The number of pyridine rings is 1. The first kappa shape index (κ1) is 15.5. The van der Waals surface area contributed by atoms with E-state index in [4.69, 9.17) is 4.74 Å². The molecule has 1 atom stereocenters. The van der Waals surface area contributed by atoms with E-state index >= 15 is 0 Å². The predicted octanol–water partition coefficient (Wildman–Crippen LogP) is 3.88. The van der Waals surface area contributed by atoms with Crippen LogP contribution < -0.4 is 10.1 Å². The lowest BCUT2D eigenvalue weighted by Crippen LogP contribution is -2.23. The summed E-state index contributed by atoms with van der Waals surface area (Å²) < 4.78 is 5.64. The van der Waals surface area contributed by atoms with Crippen LogP contribution in [-0.4, -0.2) is 18.1 Å². The van der Waals surface area contributed by atoms with E-state index in [-0.39, 0.29) is 6.04 Å². The average molecular weight is 284 g/mol. The van der Waals surface area contributed by atoms with E-state index in [0.717, 1.165) is 36.7 Å². The van der Waals surface area contributed by atoms with Crippen LogP contribution in [0.1, 0.15) is 43.3 Å². The standard InChI is InChI=1S/C18H24N2O/c1-4-13-21-16-11-9-15(10-12-16)18(19-5-2)17-8-6-7-14(3)20-17/h6-12,18-19H,4-5,13H2,1-3H3. The highest BCUT2D eigenvalue weighted by Gasteiger charge is 2.14. The number of benzene rings is 1. The molecule has 0 aliphatic heterocycles. The van der Waals surface area contributed by atoms with Crippen LogP contribution in [0.4, 0.5) is 0 Å². The van der Waals surface area contributed by atoms with Crippen LogP contribution in [-0.2, 0) is 0 Å². The predicted molar refractivity (Wildman–Crippen MR) is 86.7 cm³/mol. The van der Waals surface area contributed by atoms with Crippen molar-refractivity contribution in [3.63, 3.8) is 0 Å². The van der Waals surface area contributed by atoms with Crippen LogP contribution in [0.5, 0.6) is 5.75 Å². The molecule has 0 bridgehead atoms. The molecule has 2 aromatic rings. The molecule has 0 saturated heterocycles. The lowest BCUT2D eigenvalue weighted by molar-refractivity contribution is 0.317.